The molecule has 0 aromatic carbocycles. The monoisotopic (exact) mass is 384 g/mol. The van der Waals surface area contributed by atoms with Gasteiger partial charge in [0.05, 0.1) is 12.5 Å². The van der Waals surface area contributed by atoms with Crippen LogP contribution < -0.4 is 0 Å². The van der Waals surface area contributed by atoms with Gasteiger partial charge in [0.2, 0.25) is 0 Å². The van der Waals surface area contributed by atoms with Gasteiger partial charge in [-0.15, -0.1) is 0 Å². The molecule has 4 nitrogen and oxygen atoms in total. The number of aliphatic carboxylic acids is 1. The number of rotatable bonds is 20. The van der Waals surface area contributed by atoms with Crippen molar-refractivity contribution in [1.82, 2.24) is 0 Å². The molecule has 0 amide bonds. The fourth-order valence-electron chi connectivity index (χ4n) is 3.54. The van der Waals surface area contributed by atoms with Crippen LogP contribution in [0.15, 0.2) is 0 Å². The topological polar surface area (TPSA) is 63.6 Å². The van der Waals surface area contributed by atoms with E-state index in [4.69, 9.17) is 9.84 Å². The van der Waals surface area contributed by atoms with Gasteiger partial charge in [-0.2, -0.15) is 0 Å². The van der Waals surface area contributed by atoms with Gasteiger partial charge in [-0.25, -0.2) is 0 Å². The van der Waals surface area contributed by atoms with E-state index in [1.807, 2.05) is 6.92 Å². The molecule has 0 fully saturated rings. The van der Waals surface area contributed by atoms with E-state index < -0.39 is 5.97 Å². The van der Waals surface area contributed by atoms with Gasteiger partial charge in [-0.3, -0.25) is 9.59 Å². The second-order valence-electron chi connectivity index (χ2n) is 7.74. The Morgan fingerprint density at radius 2 is 1.11 bits per heavy atom. The third-order valence-corrected chi connectivity index (χ3v) is 5.31. The Bertz CT molecular complexity index is 354. The van der Waals surface area contributed by atoms with Crippen LogP contribution in [0, 0.1) is 5.92 Å². The first-order chi connectivity index (χ1) is 13.1. The highest BCUT2D eigenvalue weighted by Gasteiger charge is 2.16. The van der Waals surface area contributed by atoms with Crippen molar-refractivity contribution in [2.45, 2.75) is 123 Å². The van der Waals surface area contributed by atoms with E-state index in [0.717, 1.165) is 32.1 Å². The molecule has 0 aromatic heterocycles. The molecule has 0 aliphatic carbocycles. The minimum absolute atomic E-state index is 0.0136. The lowest BCUT2D eigenvalue weighted by Gasteiger charge is -2.13. The van der Waals surface area contributed by atoms with Crippen molar-refractivity contribution in [1.29, 1.82) is 0 Å². The summed E-state index contributed by atoms with van der Waals surface area (Å²) in [7, 11) is 0. The number of hydrogen-bond donors (Lipinski definition) is 1. The molecule has 160 valence electrons. The molecule has 0 radical (unpaired) electrons. The maximum atomic E-state index is 11.7. The second-order valence-corrected chi connectivity index (χ2v) is 7.74. The lowest BCUT2D eigenvalue weighted by molar-refractivity contribution is -0.148. The number of carboxylic acids is 1. The molecule has 1 unspecified atom stereocenters. The SMILES string of the molecule is CCOC(=O)C(CC)CCCCCCCCCCCCCCCCC(=O)O. The van der Waals surface area contributed by atoms with E-state index in [9.17, 15) is 9.59 Å². The summed E-state index contributed by atoms with van der Waals surface area (Å²) in [5, 5.41) is 8.57. The molecule has 0 rings (SSSR count). The average molecular weight is 385 g/mol. The molecule has 0 aliphatic heterocycles. The predicted molar refractivity (Wildman–Crippen MR) is 112 cm³/mol. The molecule has 0 aliphatic rings. The Labute approximate surface area is 167 Å². The van der Waals surface area contributed by atoms with Crippen molar-refractivity contribution >= 4 is 11.9 Å². The molecule has 1 N–H and O–H groups in total. The zero-order valence-corrected chi connectivity index (χ0v) is 18.0. The van der Waals surface area contributed by atoms with Gasteiger partial charge in [-0.05, 0) is 26.2 Å². The first-order valence-electron chi connectivity index (χ1n) is 11.5. The Kier molecular flexibility index (Phi) is 18.9. The first-order valence-corrected chi connectivity index (χ1v) is 11.5. The molecular formula is C23H44O4. The summed E-state index contributed by atoms with van der Waals surface area (Å²) in [4.78, 5) is 22.1. The highest BCUT2D eigenvalue weighted by Crippen LogP contribution is 2.17. The van der Waals surface area contributed by atoms with Crippen LogP contribution in [0.4, 0.5) is 0 Å². The van der Waals surface area contributed by atoms with Gasteiger partial charge in [0.25, 0.3) is 0 Å². The first kappa shape index (κ1) is 25.9. The molecule has 0 bridgehead atoms. The number of carbonyl (C=O) groups excluding carboxylic acids is 1. The Morgan fingerprint density at radius 3 is 1.48 bits per heavy atom. The van der Waals surface area contributed by atoms with Crippen LogP contribution in [0.5, 0.6) is 0 Å². The lowest BCUT2D eigenvalue weighted by Crippen LogP contribution is -2.16. The third-order valence-electron chi connectivity index (χ3n) is 5.31. The van der Waals surface area contributed by atoms with Gasteiger partial charge in [0.15, 0.2) is 0 Å². The number of carbonyl (C=O) groups is 2. The number of carboxylic acid groups (broad SMARTS) is 1. The van der Waals surface area contributed by atoms with Crippen molar-refractivity contribution in [3.63, 3.8) is 0 Å². The second kappa shape index (κ2) is 19.7. The summed E-state index contributed by atoms with van der Waals surface area (Å²) in [6, 6.07) is 0. The van der Waals surface area contributed by atoms with Crippen LogP contribution >= 0.6 is 0 Å². The Hall–Kier alpha value is -1.06. The molecule has 0 spiro atoms. The number of ether oxygens (including phenoxy) is 1. The van der Waals surface area contributed by atoms with Crippen LogP contribution in [0.3, 0.4) is 0 Å². The van der Waals surface area contributed by atoms with Crippen LogP contribution in [0.25, 0.3) is 0 Å². The lowest BCUT2D eigenvalue weighted by atomic mass is 9.97. The normalized spacial score (nSPS) is 12.1. The molecule has 0 saturated carbocycles. The van der Waals surface area contributed by atoms with Gasteiger partial charge in [-0.1, -0.05) is 90.4 Å². The van der Waals surface area contributed by atoms with Crippen molar-refractivity contribution in [3.8, 4) is 0 Å². The summed E-state index contributed by atoms with van der Waals surface area (Å²) >= 11 is 0. The zero-order valence-electron chi connectivity index (χ0n) is 18.0. The highest BCUT2D eigenvalue weighted by molar-refractivity contribution is 5.72. The molecule has 4 heteroatoms. The van der Waals surface area contributed by atoms with E-state index in [1.54, 1.807) is 0 Å². The van der Waals surface area contributed by atoms with E-state index in [0.29, 0.717) is 13.0 Å². The van der Waals surface area contributed by atoms with Gasteiger partial charge < -0.3 is 9.84 Å². The number of unbranched alkanes of at least 4 members (excludes halogenated alkanes) is 13. The largest absolute Gasteiger partial charge is 0.481 e. The quantitative estimate of drug-likeness (QED) is 0.183. The van der Waals surface area contributed by atoms with Gasteiger partial charge in [0.1, 0.15) is 0 Å². The number of esters is 1. The summed E-state index contributed by atoms with van der Waals surface area (Å²) < 4.78 is 5.12. The van der Waals surface area contributed by atoms with Crippen LogP contribution in [0.2, 0.25) is 0 Å². The fourth-order valence-corrected chi connectivity index (χ4v) is 3.54. The van der Waals surface area contributed by atoms with Crippen molar-refractivity contribution in [3.05, 3.63) is 0 Å². The maximum absolute atomic E-state index is 11.7. The predicted octanol–water partition coefficient (Wildman–Crippen LogP) is 6.90. The third kappa shape index (κ3) is 18.1. The average Bonchev–Trinajstić information content (AvgIpc) is 2.64. The van der Waals surface area contributed by atoms with E-state index in [-0.39, 0.29) is 11.9 Å². The Balaban J connectivity index is 3.25. The molecule has 0 saturated heterocycles. The molecular weight excluding hydrogens is 340 g/mol. The summed E-state index contributed by atoms with van der Waals surface area (Å²) in [6.07, 6.45) is 19.5. The van der Waals surface area contributed by atoms with Crippen molar-refractivity contribution < 1.29 is 19.4 Å². The summed E-state index contributed by atoms with van der Waals surface area (Å²) in [6.45, 7) is 4.43. The van der Waals surface area contributed by atoms with Crippen LogP contribution in [0.1, 0.15) is 123 Å². The van der Waals surface area contributed by atoms with Gasteiger partial charge >= 0.3 is 11.9 Å². The molecule has 0 heterocycles. The molecule has 1 atom stereocenters. The maximum Gasteiger partial charge on any atom is 0.308 e. The van der Waals surface area contributed by atoms with E-state index in [1.165, 1.54) is 70.6 Å². The zero-order chi connectivity index (χ0) is 20.2. The van der Waals surface area contributed by atoms with Gasteiger partial charge in [0, 0.05) is 6.42 Å². The minimum atomic E-state index is -0.670. The van der Waals surface area contributed by atoms with Crippen molar-refractivity contribution in [2.24, 2.45) is 5.92 Å². The van der Waals surface area contributed by atoms with Crippen LogP contribution in [-0.2, 0) is 14.3 Å². The van der Waals surface area contributed by atoms with E-state index >= 15 is 0 Å². The van der Waals surface area contributed by atoms with E-state index in [2.05, 4.69) is 6.92 Å². The standard InChI is InChI=1S/C23H44O4/c1-3-21(23(26)27-4-2)19-17-15-13-11-9-7-5-6-8-10-12-14-16-18-20-22(24)25/h21H,3-20H2,1-2H3,(H,24,25). The molecule has 27 heavy (non-hydrogen) atoms. The van der Waals surface area contributed by atoms with Crippen molar-refractivity contribution in [2.75, 3.05) is 6.61 Å². The summed E-state index contributed by atoms with van der Waals surface area (Å²) in [5.41, 5.74) is 0. The van der Waals surface area contributed by atoms with Crippen LogP contribution in [-0.4, -0.2) is 23.7 Å². The fraction of sp³-hybridized carbons (Fsp3) is 0.913. The Morgan fingerprint density at radius 1 is 0.704 bits per heavy atom. The smallest absolute Gasteiger partial charge is 0.308 e. The summed E-state index contributed by atoms with van der Waals surface area (Å²) in [5.74, 6) is -0.584. The highest BCUT2D eigenvalue weighted by atomic mass is 16.5. The molecule has 0 aromatic rings. The number of hydrogen-bond acceptors (Lipinski definition) is 3. The minimum Gasteiger partial charge on any atom is -0.481 e.